The van der Waals surface area contributed by atoms with Crippen molar-refractivity contribution in [3.8, 4) is 23.3 Å². The highest BCUT2D eigenvalue weighted by molar-refractivity contribution is 7.19. The molecular formula is C57H49B2N9Si. The molecule has 0 spiro atoms. The van der Waals surface area contributed by atoms with Crippen molar-refractivity contribution < 1.29 is 0 Å². The van der Waals surface area contributed by atoms with Crippen LogP contribution in [0.5, 0.6) is 0 Å². The molecule has 332 valence electrons. The van der Waals surface area contributed by atoms with E-state index in [2.05, 4.69) is 258 Å². The van der Waals surface area contributed by atoms with Crippen LogP contribution < -0.4 is 40.0 Å². The van der Waals surface area contributed by atoms with Gasteiger partial charge in [0.25, 0.3) is 0 Å². The maximum Gasteiger partial charge on any atom is 0.371 e. The lowest BCUT2D eigenvalue weighted by Crippen LogP contribution is -2.74. The predicted molar refractivity (Wildman–Crippen MR) is 294 cm³/mol. The number of nitrogens with zero attached hydrogens (tertiary/aromatic N) is 9. The third-order valence-electron chi connectivity index (χ3n) is 15.5. The summed E-state index contributed by atoms with van der Waals surface area (Å²) in [7, 11) is 5.82. The molecule has 0 N–H and O–H groups in total. The van der Waals surface area contributed by atoms with Crippen molar-refractivity contribution in [2.45, 2.75) is 13.6 Å². The minimum atomic E-state index is -2.90. The van der Waals surface area contributed by atoms with E-state index in [-0.39, 0.29) is 14.0 Å². The standard InChI is InChI=1S/C57H49B2N9Si/c1-58-63(3)51-34-45-43-29-16-18-31-47(43)67(49(45)36-53(51)65(58)5)56-60-55(61-57(62-56)68-48-32-19-17-30-44(48)46-35-52-54(37-50(46)68)66(6)59(2)64(52)4)38-21-20-28-42(33-38)69(39-22-10-7-11-23-39,40-24-12-8-13-25-40)41-26-14-9-15-27-41/h7-37H,1-6H3. The van der Waals surface area contributed by atoms with E-state index in [1.54, 1.807) is 0 Å². The van der Waals surface area contributed by atoms with Gasteiger partial charge in [0.15, 0.2) is 13.9 Å². The zero-order valence-corrected chi connectivity index (χ0v) is 40.6. The van der Waals surface area contributed by atoms with Crippen LogP contribution in [-0.4, -0.2) is 74.3 Å². The van der Waals surface area contributed by atoms with Gasteiger partial charge in [0.1, 0.15) is 0 Å². The van der Waals surface area contributed by atoms with Crippen molar-refractivity contribution in [3.05, 3.63) is 188 Å². The van der Waals surface area contributed by atoms with E-state index in [1.807, 2.05) is 0 Å². The molecule has 3 aromatic heterocycles. The first-order chi connectivity index (χ1) is 33.7. The quantitative estimate of drug-likeness (QED) is 0.117. The van der Waals surface area contributed by atoms with Gasteiger partial charge in [-0.2, -0.15) is 15.0 Å². The van der Waals surface area contributed by atoms with Crippen LogP contribution in [0.25, 0.3) is 66.9 Å². The van der Waals surface area contributed by atoms with E-state index in [9.17, 15) is 0 Å². The fourth-order valence-corrected chi connectivity index (χ4v) is 16.3. The van der Waals surface area contributed by atoms with Crippen LogP contribution in [0.1, 0.15) is 0 Å². The van der Waals surface area contributed by atoms with Crippen LogP contribution in [-0.2, 0) is 0 Å². The van der Waals surface area contributed by atoms with E-state index >= 15 is 0 Å². The van der Waals surface area contributed by atoms with Crippen LogP contribution in [0.15, 0.2) is 188 Å². The average molecular weight is 910 g/mol. The molecule has 0 saturated heterocycles. The van der Waals surface area contributed by atoms with Crippen LogP contribution in [0.4, 0.5) is 22.7 Å². The van der Waals surface area contributed by atoms with Gasteiger partial charge in [-0.1, -0.05) is 152 Å². The summed E-state index contributed by atoms with van der Waals surface area (Å²) in [6.45, 7) is 4.92. The van der Waals surface area contributed by atoms with Gasteiger partial charge in [-0.15, -0.1) is 0 Å². The highest BCUT2D eigenvalue weighted by Gasteiger charge is 2.42. The summed E-state index contributed by atoms with van der Waals surface area (Å²) in [5, 5.41) is 9.77. The second kappa shape index (κ2) is 15.5. The zero-order valence-electron chi connectivity index (χ0n) is 39.6. The van der Waals surface area contributed by atoms with Crippen molar-refractivity contribution >= 4 is 109 Å². The monoisotopic (exact) mass is 909 g/mol. The molecule has 11 aromatic rings. The van der Waals surface area contributed by atoms with Crippen LogP contribution in [0.3, 0.4) is 0 Å². The lowest BCUT2D eigenvalue weighted by molar-refractivity contribution is 0.893. The molecule has 8 aromatic carbocycles. The van der Waals surface area contributed by atoms with Gasteiger partial charge in [0.2, 0.25) is 11.9 Å². The number of anilines is 4. The van der Waals surface area contributed by atoms with E-state index in [0.29, 0.717) is 17.7 Å². The second-order valence-electron chi connectivity index (χ2n) is 18.8. The fourth-order valence-electron chi connectivity index (χ4n) is 11.5. The van der Waals surface area contributed by atoms with Crippen LogP contribution in [0, 0.1) is 0 Å². The second-order valence-corrected chi connectivity index (χ2v) is 22.6. The van der Waals surface area contributed by atoms with Crippen LogP contribution in [0.2, 0.25) is 13.6 Å². The van der Waals surface area contributed by atoms with Gasteiger partial charge in [-0.3, -0.25) is 9.13 Å². The minimum Gasteiger partial charge on any atom is -0.397 e. The number of hydrogen-bond donors (Lipinski definition) is 0. The Hall–Kier alpha value is -8.08. The van der Waals surface area contributed by atoms with Gasteiger partial charge in [0.05, 0.1) is 33.4 Å². The van der Waals surface area contributed by atoms with Gasteiger partial charge in [-0.25, -0.2) is 0 Å². The first-order valence-corrected chi connectivity index (χ1v) is 25.8. The van der Waals surface area contributed by atoms with Crippen molar-refractivity contribution in [2.24, 2.45) is 0 Å². The minimum absolute atomic E-state index is 0.214. The van der Waals surface area contributed by atoms with Crippen molar-refractivity contribution in [1.29, 1.82) is 0 Å². The molecule has 0 unspecified atom stereocenters. The number of hydrogen-bond acceptors (Lipinski definition) is 7. The highest BCUT2D eigenvalue weighted by Crippen LogP contribution is 2.45. The van der Waals surface area contributed by atoms with Crippen molar-refractivity contribution in [1.82, 2.24) is 24.1 Å². The normalized spacial score (nSPS) is 13.8. The van der Waals surface area contributed by atoms with Gasteiger partial charge in [0, 0.05) is 38.5 Å². The SMILES string of the molecule is CB1N(C)c2cc3c4ccccc4n(-c4nc(-c5cccc([Si](c6ccccc6)(c6ccccc6)c6ccccc6)c5)nc(-n5c6ccccc6c6cc7c(cc65)N(C)B(C)N7C)n4)c3cc2N1C. The molecule has 0 amide bonds. The number of rotatable bonds is 7. The molecule has 69 heavy (non-hydrogen) atoms. The summed E-state index contributed by atoms with van der Waals surface area (Å²) < 4.78 is 4.51. The lowest BCUT2D eigenvalue weighted by Gasteiger charge is -2.34. The summed E-state index contributed by atoms with van der Waals surface area (Å²) >= 11 is 0. The Morgan fingerprint density at radius 2 is 0.725 bits per heavy atom. The van der Waals surface area contributed by atoms with Crippen molar-refractivity contribution in [2.75, 3.05) is 47.4 Å². The summed E-state index contributed by atoms with van der Waals surface area (Å²) in [5.41, 5.74) is 9.85. The van der Waals surface area contributed by atoms with Gasteiger partial charge >= 0.3 is 14.0 Å². The third kappa shape index (κ3) is 5.94. The molecule has 12 heteroatoms. The summed E-state index contributed by atoms with van der Waals surface area (Å²) in [4.78, 5) is 26.2. The number of para-hydroxylation sites is 2. The molecule has 13 rings (SSSR count). The molecule has 5 heterocycles. The Labute approximate surface area is 403 Å². The first kappa shape index (κ1) is 41.1. The molecular weight excluding hydrogens is 860 g/mol. The summed E-state index contributed by atoms with van der Waals surface area (Å²) in [6.07, 6.45) is 0. The molecule has 9 nitrogen and oxygen atoms in total. The lowest BCUT2D eigenvalue weighted by atomic mass is 9.78. The van der Waals surface area contributed by atoms with Crippen LogP contribution >= 0.6 is 0 Å². The van der Waals surface area contributed by atoms with E-state index in [0.717, 1.165) is 49.2 Å². The molecule has 0 atom stereocenters. The van der Waals surface area contributed by atoms with Crippen molar-refractivity contribution in [3.63, 3.8) is 0 Å². The molecule has 2 aliphatic heterocycles. The summed E-state index contributed by atoms with van der Waals surface area (Å²) in [6, 6.07) is 68.9. The van der Waals surface area contributed by atoms with E-state index < -0.39 is 8.07 Å². The Morgan fingerprint density at radius 3 is 1.16 bits per heavy atom. The van der Waals surface area contributed by atoms with E-state index in [4.69, 9.17) is 15.0 Å². The maximum absolute atomic E-state index is 5.61. The molecule has 0 fully saturated rings. The molecule has 0 aliphatic carbocycles. The predicted octanol–water partition coefficient (Wildman–Crippen LogP) is 9.12. The zero-order chi connectivity index (χ0) is 46.7. The number of fused-ring (bicyclic) bond motifs is 8. The molecule has 0 radical (unpaired) electrons. The average Bonchev–Trinajstić information content (AvgIpc) is 4.04. The topological polar surface area (TPSA) is 61.5 Å². The van der Waals surface area contributed by atoms with Gasteiger partial charge < -0.3 is 19.2 Å². The van der Waals surface area contributed by atoms with Gasteiger partial charge in [-0.05, 0) is 99.0 Å². The number of benzene rings is 8. The molecule has 2 aliphatic rings. The fraction of sp³-hybridized carbons (Fsp3) is 0.105. The Balaban J connectivity index is 1.12. The Bertz CT molecular complexity index is 3570. The Morgan fingerprint density at radius 1 is 0.348 bits per heavy atom. The highest BCUT2D eigenvalue weighted by atomic mass is 28.3. The maximum atomic E-state index is 5.61. The van der Waals surface area contributed by atoms with E-state index in [1.165, 1.54) is 43.5 Å². The summed E-state index contributed by atoms with van der Waals surface area (Å²) in [5.74, 6) is 1.72. The smallest absolute Gasteiger partial charge is 0.371 e. The number of aromatic nitrogens is 5. The molecule has 0 bridgehead atoms. The molecule has 0 saturated carbocycles. The third-order valence-corrected chi connectivity index (χ3v) is 20.3. The first-order valence-electron chi connectivity index (χ1n) is 23.8. The largest absolute Gasteiger partial charge is 0.397 e. The Kier molecular flexibility index (Phi) is 9.23.